The third-order valence-corrected chi connectivity index (χ3v) is 5.33. The number of hydrogen-bond acceptors (Lipinski definition) is 4. The van der Waals surface area contributed by atoms with Crippen LogP contribution in [-0.2, 0) is 5.41 Å². The average molecular weight is 332 g/mol. The highest BCUT2D eigenvalue weighted by Gasteiger charge is 2.33. The van der Waals surface area contributed by atoms with Gasteiger partial charge in [-0.2, -0.15) is 0 Å². The van der Waals surface area contributed by atoms with E-state index in [2.05, 4.69) is 15.3 Å². The zero-order valence-electron chi connectivity index (χ0n) is 15.1. The van der Waals surface area contributed by atoms with Crippen molar-refractivity contribution in [1.29, 1.82) is 0 Å². The van der Waals surface area contributed by atoms with Gasteiger partial charge in [0.1, 0.15) is 11.4 Å². The number of fused-ring (bicyclic) bond motifs is 1. The summed E-state index contributed by atoms with van der Waals surface area (Å²) in [5.74, 6) is 1.76. The molecule has 0 bridgehead atoms. The maximum atomic E-state index is 12.9. The molecule has 0 spiro atoms. The highest BCUT2D eigenvalue weighted by Crippen LogP contribution is 2.27. The molecule has 2 fully saturated rings. The van der Waals surface area contributed by atoms with Gasteiger partial charge in [0.2, 0.25) is 0 Å². The number of aryl methyl sites for hydroxylation is 1. The lowest BCUT2D eigenvalue weighted by atomic mass is 9.92. The molecular weight excluding hydrogens is 304 g/mol. The first-order chi connectivity index (χ1) is 11.3. The number of nitrogens with one attached hydrogen (secondary N) is 2. The maximum Gasteiger partial charge on any atom is 0.264 e. The number of carbonyl (C=O) groups is 1. The molecule has 0 unspecified atom stereocenters. The van der Waals surface area contributed by atoms with E-state index in [1.54, 1.807) is 6.92 Å². The Morgan fingerprint density at radius 3 is 2.25 bits per heavy atom. The minimum absolute atomic E-state index is 0.172. The van der Waals surface area contributed by atoms with Crippen molar-refractivity contribution in [3.63, 3.8) is 0 Å². The largest absolute Gasteiger partial charge is 0.338 e. The van der Waals surface area contributed by atoms with Gasteiger partial charge in [-0.25, -0.2) is 4.98 Å². The summed E-state index contributed by atoms with van der Waals surface area (Å²) in [7, 11) is 0. The van der Waals surface area contributed by atoms with Gasteiger partial charge in [-0.05, 0) is 44.7 Å². The van der Waals surface area contributed by atoms with Gasteiger partial charge in [0.05, 0.1) is 5.69 Å². The van der Waals surface area contributed by atoms with Gasteiger partial charge in [0, 0.05) is 18.5 Å². The zero-order chi connectivity index (χ0) is 17.5. The second kappa shape index (κ2) is 6.31. The van der Waals surface area contributed by atoms with Crippen LogP contribution >= 0.6 is 0 Å². The first kappa shape index (κ1) is 17.1. The lowest BCUT2D eigenvalue weighted by molar-refractivity contribution is 0.0755. The third kappa shape index (κ3) is 3.24. The van der Waals surface area contributed by atoms with Crippen LogP contribution in [-0.4, -0.2) is 47.0 Å². The Labute approximate surface area is 143 Å². The molecule has 0 radical (unpaired) electrons. The Morgan fingerprint density at radius 2 is 1.75 bits per heavy atom. The predicted octanol–water partition coefficient (Wildman–Crippen LogP) is 1.45. The molecule has 3 heterocycles. The molecule has 1 aromatic heterocycles. The minimum atomic E-state index is -0.316. The van der Waals surface area contributed by atoms with Gasteiger partial charge in [-0.15, -0.1) is 0 Å². The molecular formula is C18H28N4O2. The fourth-order valence-corrected chi connectivity index (χ4v) is 3.77. The quantitative estimate of drug-likeness (QED) is 0.816. The first-order valence-corrected chi connectivity index (χ1v) is 8.88. The average Bonchev–Trinajstić information content (AvgIpc) is 2.84. The number of amides is 1. The smallest absolute Gasteiger partial charge is 0.264 e. The highest BCUT2D eigenvalue weighted by atomic mass is 16.2. The van der Waals surface area contributed by atoms with Crippen molar-refractivity contribution in [2.75, 3.05) is 26.2 Å². The highest BCUT2D eigenvalue weighted by molar-refractivity contribution is 5.94. The Kier molecular flexibility index (Phi) is 4.51. The summed E-state index contributed by atoms with van der Waals surface area (Å²) in [6.45, 7) is 11.3. The molecule has 2 aliphatic heterocycles. The molecule has 24 heavy (non-hydrogen) atoms. The van der Waals surface area contributed by atoms with Crippen molar-refractivity contribution < 1.29 is 4.79 Å². The summed E-state index contributed by atoms with van der Waals surface area (Å²) in [4.78, 5) is 34.6. The van der Waals surface area contributed by atoms with E-state index in [0.29, 0.717) is 23.4 Å². The Hall–Kier alpha value is -1.69. The van der Waals surface area contributed by atoms with Gasteiger partial charge in [-0.1, -0.05) is 20.8 Å². The van der Waals surface area contributed by atoms with Gasteiger partial charge in [-0.3, -0.25) is 9.59 Å². The van der Waals surface area contributed by atoms with Crippen LogP contribution < -0.4 is 10.9 Å². The van der Waals surface area contributed by atoms with Gasteiger partial charge >= 0.3 is 0 Å². The van der Waals surface area contributed by atoms with Crippen LogP contribution in [0.3, 0.4) is 0 Å². The molecule has 2 atom stereocenters. The summed E-state index contributed by atoms with van der Waals surface area (Å²) in [6.07, 6.45) is 2.02. The summed E-state index contributed by atoms with van der Waals surface area (Å²) in [6, 6.07) is 0. The van der Waals surface area contributed by atoms with Crippen molar-refractivity contribution in [1.82, 2.24) is 20.2 Å². The van der Waals surface area contributed by atoms with E-state index in [-0.39, 0.29) is 22.4 Å². The van der Waals surface area contributed by atoms with Gasteiger partial charge in [0.15, 0.2) is 0 Å². The molecule has 2 aliphatic rings. The number of aromatic nitrogens is 2. The zero-order valence-corrected chi connectivity index (χ0v) is 15.1. The molecule has 6 heteroatoms. The summed E-state index contributed by atoms with van der Waals surface area (Å²) in [5.41, 5.74) is 0.162. The van der Waals surface area contributed by atoms with E-state index in [4.69, 9.17) is 0 Å². The molecule has 2 saturated heterocycles. The van der Waals surface area contributed by atoms with Crippen LogP contribution in [0, 0.1) is 18.8 Å². The van der Waals surface area contributed by atoms with Crippen LogP contribution in [0.15, 0.2) is 4.79 Å². The molecule has 1 aromatic rings. The third-order valence-electron chi connectivity index (χ3n) is 5.33. The Morgan fingerprint density at radius 1 is 1.17 bits per heavy atom. The van der Waals surface area contributed by atoms with E-state index < -0.39 is 0 Å². The number of rotatable bonds is 1. The molecule has 0 saturated carbocycles. The van der Waals surface area contributed by atoms with E-state index in [0.717, 1.165) is 39.0 Å². The molecule has 1 amide bonds. The van der Waals surface area contributed by atoms with Crippen LogP contribution in [0.1, 0.15) is 55.5 Å². The fourth-order valence-electron chi connectivity index (χ4n) is 3.77. The van der Waals surface area contributed by atoms with E-state index >= 15 is 0 Å². The second-order valence-electron chi connectivity index (χ2n) is 8.17. The summed E-state index contributed by atoms with van der Waals surface area (Å²) >= 11 is 0. The van der Waals surface area contributed by atoms with E-state index in [9.17, 15) is 9.59 Å². The van der Waals surface area contributed by atoms with Crippen molar-refractivity contribution in [3.05, 3.63) is 27.4 Å². The number of hydrogen-bond donors (Lipinski definition) is 2. The normalized spacial score (nSPS) is 24.6. The summed E-state index contributed by atoms with van der Waals surface area (Å²) in [5, 5.41) is 3.44. The monoisotopic (exact) mass is 332 g/mol. The molecule has 0 aromatic carbocycles. The number of H-pyrrole nitrogens is 1. The van der Waals surface area contributed by atoms with E-state index in [1.165, 1.54) is 0 Å². The molecule has 6 nitrogen and oxygen atoms in total. The number of carbonyl (C=O) groups excluding carboxylic acids is 1. The van der Waals surface area contributed by atoms with Crippen LogP contribution in [0.25, 0.3) is 0 Å². The second-order valence-corrected chi connectivity index (χ2v) is 8.17. The van der Waals surface area contributed by atoms with Gasteiger partial charge < -0.3 is 15.2 Å². The molecule has 0 aliphatic carbocycles. The Bertz CT molecular complexity index is 675. The lowest BCUT2D eigenvalue weighted by Crippen LogP contribution is -2.38. The molecule has 3 rings (SSSR count). The van der Waals surface area contributed by atoms with Crippen LogP contribution in [0.2, 0.25) is 0 Å². The minimum Gasteiger partial charge on any atom is -0.338 e. The number of aromatic amines is 1. The first-order valence-electron chi connectivity index (χ1n) is 8.88. The lowest BCUT2D eigenvalue weighted by Gasteiger charge is -2.23. The number of nitrogens with zero attached hydrogens (tertiary/aromatic N) is 2. The van der Waals surface area contributed by atoms with Crippen molar-refractivity contribution in [2.24, 2.45) is 11.8 Å². The number of likely N-dealkylation sites (tertiary alicyclic amines) is 1. The van der Waals surface area contributed by atoms with Crippen LogP contribution in [0.5, 0.6) is 0 Å². The SMILES string of the molecule is Cc1nc(C(C)(C)C)[nH]c(=O)c1C(=O)N1CC[C@@H]2CNC[C@@H]2CC1. The van der Waals surface area contributed by atoms with Crippen LogP contribution in [0.4, 0.5) is 0 Å². The molecule has 132 valence electrons. The predicted molar refractivity (Wildman–Crippen MR) is 93.3 cm³/mol. The van der Waals surface area contributed by atoms with Gasteiger partial charge in [0.25, 0.3) is 11.5 Å². The van der Waals surface area contributed by atoms with E-state index in [1.807, 2.05) is 25.7 Å². The fraction of sp³-hybridized carbons (Fsp3) is 0.722. The Balaban J connectivity index is 1.84. The van der Waals surface area contributed by atoms with Crippen molar-refractivity contribution >= 4 is 5.91 Å². The topological polar surface area (TPSA) is 78.1 Å². The molecule has 2 N–H and O–H groups in total. The summed E-state index contributed by atoms with van der Waals surface area (Å²) < 4.78 is 0. The van der Waals surface area contributed by atoms with Crippen molar-refractivity contribution in [2.45, 2.75) is 46.0 Å². The standard InChI is InChI=1S/C18H28N4O2/c1-11-14(15(23)21-17(20-11)18(2,3)4)16(24)22-7-5-12-9-19-10-13(12)6-8-22/h12-13,19H,5-10H2,1-4H3,(H,20,21,23)/t12-,13+. The maximum absolute atomic E-state index is 12.9. The van der Waals surface area contributed by atoms with Crippen molar-refractivity contribution in [3.8, 4) is 0 Å².